The number of carbonyl (C=O) groups is 1. The van der Waals surface area contributed by atoms with Crippen molar-refractivity contribution in [3.05, 3.63) is 28.2 Å². The molecule has 0 aromatic heterocycles. The molecule has 1 aromatic carbocycles. The Hall–Kier alpha value is -1.03. The fourth-order valence-electron chi connectivity index (χ4n) is 3.05. The van der Waals surface area contributed by atoms with Crippen molar-refractivity contribution in [2.24, 2.45) is 11.8 Å². The van der Waals surface area contributed by atoms with Crippen LogP contribution in [0.3, 0.4) is 0 Å². The van der Waals surface area contributed by atoms with Gasteiger partial charge >= 0.3 is 0 Å². The van der Waals surface area contributed by atoms with Crippen molar-refractivity contribution in [1.82, 2.24) is 5.32 Å². The van der Waals surface area contributed by atoms with Gasteiger partial charge in [0.15, 0.2) is 0 Å². The molecule has 2 rings (SSSR count). The molecule has 3 N–H and O–H groups in total. The van der Waals surface area contributed by atoms with Gasteiger partial charge in [0.1, 0.15) is 0 Å². The van der Waals surface area contributed by atoms with Crippen LogP contribution in [0.5, 0.6) is 0 Å². The van der Waals surface area contributed by atoms with E-state index >= 15 is 0 Å². The molecular weight excluding hydrogens is 316 g/mol. The molecular formula is C16H23BrN2O. The molecule has 3 nitrogen and oxygen atoms in total. The summed E-state index contributed by atoms with van der Waals surface area (Å²) in [7, 11) is 0. The predicted molar refractivity (Wildman–Crippen MR) is 86.6 cm³/mol. The van der Waals surface area contributed by atoms with Crippen LogP contribution < -0.4 is 11.1 Å². The smallest absolute Gasteiger partial charge is 0.253 e. The quantitative estimate of drug-likeness (QED) is 0.816. The van der Waals surface area contributed by atoms with Gasteiger partial charge < -0.3 is 11.1 Å². The first-order valence-electron chi connectivity index (χ1n) is 7.39. The predicted octanol–water partition coefficient (Wildman–Crippen LogP) is 3.98. The monoisotopic (exact) mass is 338 g/mol. The minimum atomic E-state index is -0.0705. The van der Waals surface area contributed by atoms with E-state index in [4.69, 9.17) is 5.73 Å². The van der Waals surface area contributed by atoms with Crippen LogP contribution in [0.25, 0.3) is 0 Å². The summed E-state index contributed by atoms with van der Waals surface area (Å²) < 4.78 is 0.891. The van der Waals surface area contributed by atoms with Gasteiger partial charge in [0.25, 0.3) is 5.91 Å². The lowest BCUT2D eigenvalue weighted by Gasteiger charge is -2.26. The maximum atomic E-state index is 12.1. The van der Waals surface area contributed by atoms with E-state index in [-0.39, 0.29) is 5.91 Å². The van der Waals surface area contributed by atoms with Crippen molar-refractivity contribution in [3.63, 3.8) is 0 Å². The minimum Gasteiger partial charge on any atom is -0.398 e. The van der Waals surface area contributed by atoms with E-state index in [1.807, 2.05) is 6.07 Å². The summed E-state index contributed by atoms with van der Waals surface area (Å²) in [5.41, 5.74) is 6.94. The number of carbonyl (C=O) groups excluding carboxylic acids is 1. The average Bonchev–Trinajstić information content (AvgIpc) is 2.38. The summed E-state index contributed by atoms with van der Waals surface area (Å²) in [4.78, 5) is 12.1. The van der Waals surface area contributed by atoms with E-state index in [1.165, 1.54) is 25.7 Å². The van der Waals surface area contributed by atoms with E-state index < -0.39 is 0 Å². The molecule has 2 atom stereocenters. The molecule has 1 saturated carbocycles. The Balaban J connectivity index is 1.80. The number of nitrogen functional groups attached to an aromatic ring is 1. The molecule has 20 heavy (non-hydrogen) atoms. The zero-order valence-electron chi connectivity index (χ0n) is 12.0. The lowest BCUT2D eigenvalue weighted by atomic mass is 9.81. The van der Waals surface area contributed by atoms with Gasteiger partial charge in [-0.1, -0.05) is 42.1 Å². The maximum absolute atomic E-state index is 12.1. The van der Waals surface area contributed by atoms with Crippen molar-refractivity contribution in [2.75, 3.05) is 12.3 Å². The molecule has 0 spiro atoms. The summed E-state index contributed by atoms with van der Waals surface area (Å²) in [6.45, 7) is 3.07. The Labute approximate surface area is 129 Å². The van der Waals surface area contributed by atoms with Gasteiger partial charge in [-0.05, 0) is 42.9 Å². The lowest BCUT2D eigenvalue weighted by Crippen LogP contribution is -2.27. The number of nitrogens with one attached hydrogen (secondary N) is 1. The number of hydrogen-bond acceptors (Lipinski definition) is 2. The van der Waals surface area contributed by atoms with Crippen molar-refractivity contribution in [1.29, 1.82) is 0 Å². The Morgan fingerprint density at radius 2 is 2.25 bits per heavy atom. The first-order chi connectivity index (χ1) is 9.56. The average molecular weight is 339 g/mol. The van der Waals surface area contributed by atoms with Crippen LogP contribution in [0.4, 0.5) is 5.69 Å². The zero-order chi connectivity index (χ0) is 14.5. The van der Waals surface area contributed by atoms with Crippen molar-refractivity contribution in [2.45, 2.75) is 39.0 Å². The van der Waals surface area contributed by atoms with E-state index in [2.05, 4.69) is 28.2 Å². The molecule has 110 valence electrons. The van der Waals surface area contributed by atoms with Crippen LogP contribution in [0, 0.1) is 11.8 Å². The number of hydrogen-bond donors (Lipinski definition) is 2. The van der Waals surface area contributed by atoms with Crippen LogP contribution in [0.15, 0.2) is 22.7 Å². The molecule has 1 amide bonds. The number of halogens is 1. The van der Waals surface area contributed by atoms with Crippen LogP contribution in [0.1, 0.15) is 49.4 Å². The first kappa shape index (κ1) is 15.4. The second-order valence-corrected chi connectivity index (χ2v) is 6.83. The molecule has 0 bridgehead atoms. The van der Waals surface area contributed by atoms with E-state index in [0.29, 0.717) is 11.3 Å². The third-order valence-electron chi connectivity index (χ3n) is 4.14. The third kappa shape index (κ3) is 4.23. The molecule has 0 saturated heterocycles. The highest BCUT2D eigenvalue weighted by molar-refractivity contribution is 9.10. The van der Waals surface area contributed by atoms with E-state index in [0.717, 1.165) is 29.3 Å². The molecule has 1 aromatic rings. The Morgan fingerprint density at radius 1 is 1.45 bits per heavy atom. The molecule has 2 unspecified atom stereocenters. The number of amides is 1. The minimum absolute atomic E-state index is 0.0705. The Bertz CT molecular complexity index is 476. The molecule has 1 aliphatic rings. The molecule has 1 fully saturated rings. The van der Waals surface area contributed by atoms with Gasteiger partial charge in [0.2, 0.25) is 0 Å². The second-order valence-electron chi connectivity index (χ2n) is 5.91. The van der Waals surface area contributed by atoms with Crippen LogP contribution in [0.2, 0.25) is 0 Å². The molecule has 1 aliphatic carbocycles. The summed E-state index contributed by atoms with van der Waals surface area (Å²) in [6, 6.07) is 5.36. The van der Waals surface area contributed by atoms with Gasteiger partial charge in [-0.2, -0.15) is 0 Å². The van der Waals surface area contributed by atoms with Crippen LogP contribution >= 0.6 is 15.9 Å². The van der Waals surface area contributed by atoms with Crippen molar-refractivity contribution in [3.8, 4) is 0 Å². The summed E-state index contributed by atoms with van der Waals surface area (Å²) in [6.07, 6.45) is 6.38. The highest BCUT2D eigenvalue weighted by Crippen LogP contribution is 2.30. The van der Waals surface area contributed by atoms with Gasteiger partial charge in [0.05, 0.1) is 5.56 Å². The number of rotatable bonds is 4. The number of nitrogens with two attached hydrogens (primary N) is 1. The van der Waals surface area contributed by atoms with Crippen molar-refractivity contribution < 1.29 is 4.79 Å². The van der Waals surface area contributed by atoms with Gasteiger partial charge in [-0.3, -0.25) is 4.79 Å². The fourth-order valence-corrected chi connectivity index (χ4v) is 3.43. The normalized spacial score (nSPS) is 22.5. The van der Waals surface area contributed by atoms with Crippen molar-refractivity contribution >= 4 is 27.5 Å². The summed E-state index contributed by atoms with van der Waals surface area (Å²) >= 11 is 3.34. The van der Waals surface area contributed by atoms with Gasteiger partial charge in [-0.15, -0.1) is 0 Å². The fraction of sp³-hybridized carbons (Fsp3) is 0.562. The lowest BCUT2D eigenvalue weighted by molar-refractivity contribution is 0.0950. The highest BCUT2D eigenvalue weighted by Gasteiger charge is 2.18. The van der Waals surface area contributed by atoms with Gasteiger partial charge in [0, 0.05) is 16.7 Å². The second kappa shape index (κ2) is 7.11. The molecule has 0 radical (unpaired) electrons. The largest absolute Gasteiger partial charge is 0.398 e. The van der Waals surface area contributed by atoms with E-state index in [9.17, 15) is 4.79 Å². The van der Waals surface area contributed by atoms with Crippen LogP contribution in [-0.4, -0.2) is 12.5 Å². The number of benzene rings is 1. The molecule has 0 aliphatic heterocycles. The zero-order valence-corrected chi connectivity index (χ0v) is 13.6. The SMILES string of the molecule is CC1CCCC(CCNC(=O)c2ccc(Br)cc2N)C1. The Morgan fingerprint density at radius 3 is 2.95 bits per heavy atom. The summed E-state index contributed by atoms with van der Waals surface area (Å²) in [5.74, 6) is 1.53. The first-order valence-corrected chi connectivity index (χ1v) is 8.18. The van der Waals surface area contributed by atoms with E-state index in [1.54, 1.807) is 12.1 Å². The highest BCUT2D eigenvalue weighted by atomic mass is 79.9. The maximum Gasteiger partial charge on any atom is 0.253 e. The Kier molecular flexibility index (Phi) is 5.46. The number of anilines is 1. The molecule has 0 heterocycles. The third-order valence-corrected chi connectivity index (χ3v) is 4.63. The molecule has 4 heteroatoms. The summed E-state index contributed by atoms with van der Waals surface area (Å²) in [5, 5.41) is 2.99. The standard InChI is InChI=1S/C16H23BrN2O/c1-11-3-2-4-12(9-11)7-8-19-16(20)14-6-5-13(17)10-15(14)18/h5-6,10-12H,2-4,7-9,18H2,1H3,(H,19,20). The van der Waals surface area contributed by atoms with Crippen LogP contribution in [-0.2, 0) is 0 Å². The topological polar surface area (TPSA) is 55.1 Å². The van der Waals surface area contributed by atoms with Gasteiger partial charge in [-0.25, -0.2) is 0 Å².